The van der Waals surface area contributed by atoms with Crippen LogP contribution in [0.4, 0.5) is 0 Å². The van der Waals surface area contributed by atoms with Crippen molar-refractivity contribution in [1.82, 2.24) is 4.90 Å². The van der Waals surface area contributed by atoms with E-state index in [2.05, 4.69) is 0 Å². The maximum Gasteiger partial charge on any atom is 0.329 e. The minimum Gasteiger partial charge on any atom is -0.480 e. The third-order valence-electron chi connectivity index (χ3n) is 3.59. The van der Waals surface area contributed by atoms with Gasteiger partial charge >= 0.3 is 5.97 Å². The molecule has 1 aromatic heterocycles. The fourth-order valence-electron chi connectivity index (χ4n) is 2.35. The van der Waals surface area contributed by atoms with E-state index < -0.39 is 17.4 Å². The van der Waals surface area contributed by atoms with E-state index in [0.717, 1.165) is 12.8 Å². The van der Waals surface area contributed by atoms with Crippen LogP contribution < -0.4 is 4.74 Å². The Morgan fingerprint density at radius 3 is 2.74 bits per heavy atom. The standard InChI is InChI=1S/C13H17NO5/c1-13(12(16)17)7-3-4-8-14(13)11(15)9-5-6-10(18-2)19-9/h5-6H,3-4,7-8H2,1-2H3,(H,16,17)/t13-/m0/s1. The summed E-state index contributed by atoms with van der Waals surface area (Å²) in [5.74, 6) is -1.06. The number of carbonyl (C=O) groups is 2. The smallest absolute Gasteiger partial charge is 0.329 e. The second-order valence-electron chi connectivity index (χ2n) is 4.82. The number of piperidine rings is 1. The number of carboxylic acids is 1. The van der Waals surface area contributed by atoms with Gasteiger partial charge in [-0.1, -0.05) is 0 Å². The van der Waals surface area contributed by atoms with Crippen molar-refractivity contribution in [3.8, 4) is 5.95 Å². The highest BCUT2D eigenvalue weighted by Crippen LogP contribution is 2.30. The fourth-order valence-corrected chi connectivity index (χ4v) is 2.35. The zero-order valence-electron chi connectivity index (χ0n) is 11.0. The fraction of sp³-hybridized carbons (Fsp3) is 0.538. The molecule has 6 heteroatoms. The minimum absolute atomic E-state index is 0.103. The summed E-state index contributed by atoms with van der Waals surface area (Å²) >= 11 is 0. The molecule has 6 nitrogen and oxygen atoms in total. The third kappa shape index (κ3) is 2.30. The van der Waals surface area contributed by atoms with E-state index in [1.54, 1.807) is 6.92 Å². The third-order valence-corrected chi connectivity index (χ3v) is 3.59. The van der Waals surface area contributed by atoms with E-state index in [0.29, 0.717) is 13.0 Å². The van der Waals surface area contributed by atoms with E-state index >= 15 is 0 Å². The van der Waals surface area contributed by atoms with Crippen LogP contribution in [0, 0.1) is 0 Å². The lowest BCUT2D eigenvalue weighted by Gasteiger charge is -2.41. The monoisotopic (exact) mass is 267 g/mol. The molecule has 19 heavy (non-hydrogen) atoms. The van der Waals surface area contributed by atoms with Crippen LogP contribution in [0.3, 0.4) is 0 Å². The Morgan fingerprint density at radius 1 is 1.42 bits per heavy atom. The van der Waals surface area contributed by atoms with Gasteiger partial charge in [-0.2, -0.15) is 0 Å². The Balaban J connectivity index is 2.27. The van der Waals surface area contributed by atoms with Crippen molar-refractivity contribution >= 4 is 11.9 Å². The first-order valence-corrected chi connectivity index (χ1v) is 6.18. The molecular weight excluding hydrogens is 250 g/mol. The highest BCUT2D eigenvalue weighted by atomic mass is 16.6. The average molecular weight is 267 g/mol. The van der Waals surface area contributed by atoms with E-state index in [1.165, 1.54) is 24.1 Å². The number of nitrogens with zero attached hydrogens (tertiary/aromatic N) is 1. The Hall–Kier alpha value is -1.98. The molecule has 0 aliphatic carbocycles. The molecule has 1 amide bonds. The maximum atomic E-state index is 12.4. The number of aliphatic carboxylic acids is 1. The van der Waals surface area contributed by atoms with Gasteiger partial charge < -0.3 is 19.2 Å². The van der Waals surface area contributed by atoms with Gasteiger partial charge in [-0.05, 0) is 32.3 Å². The first-order chi connectivity index (χ1) is 8.99. The van der Waals surface area contributed by atoms with E-state index in [1.807, 2.05) is 0 Å². The van der Waals surface area contributed by atoms with Gasteiger partial charge in [-0.15, -0.1) is 0 Å². The summed E-state index contributed by atoms with van der Waals surface area (Å²) in [6, 6.07) is 3.04. The molecule has 0 bridgehead atoms. The molecule has 1 fully saturated rings. The van der Waals surface area contributed by atoms with Crippen LogP contribution in [-0.4, -0.2) is 41.1 Å². The average Bonchev–Trinajstić information content (AvgIpc) is 2.87. The number of carbonyl (C=O) groups excluding carboxylic acids is 1. The van der Waals surface area contributed by atoms with Gasteiger partial charge in [0.15, 0.2) is 5.76 Å². The molecule has 0 spiro atoms. The predicted octanol–water partition coefficient (Wildman–Crippen LogP) is 1.76. The summed E-state index contributed by atoms with van der Waals surface area (Å²) in [5.41, 5.74) is -1.17. The first kappa shape index (κ1) is 13.5. The largest absolute Gasteiger partial charge is 0.480 e. The zero-order chi connectivity index (χ0) is 14.0. The van der Waals surface area contributed by atoms with Crippen LogP contribution in [0.25, 0.3) is 0 Å². The van der Waals surface area contributed by atoms with E-state index in [4.69, 9.17) is 9.15 Å². The van der Waals surface area contributed by atoms with Crippen molar-refractivity contribution < 1.29 is 23.8 Å². The molecule has 1 atom stereocenters. The van der Waals surface area contributed by atoms with Crippen molar-refractivity contribution in [1.29, 1.82) is 0 Å². The van der Waals surface area contributed by atoms with Crippen LogP contribution in [0.15, 0.2) is 16.5 Å². The molecule has 0 radical (unpaired) electrons. The Labute approximate surface area is 110 Å². The number of rotatable bonds is 3. The lowest BCUT2D eigenvalue weighted by molar-refractivity contribution is -0.150. The summed E-state index contributed by atoms with van der Waals surface area (Å²) in [4.78, 5) is 25.2. The predicted molar refractivity (Wildman–Crippen MR) is 66.2 cm³/mol. The van der Waals surface area contributed by atoms with E-state index in [-0.39, 0.29) is 11.7 Å². The SMILES string of the molecule is COc1ccc(C(=O)N2CCCC[C@@]2(C)C(=O)O)o1. The molecular formula is C13H17NO5. The number of ether oxygens (including phenoxy) is 1. The molecule has 1 aliphatic heterocycles. The van der Waals surface area contributed by atoms with Crippen molar-refractivity contribution in [2.45, 2.75) is 31.7 Å². The quantitative estimate of drug-likeness (QED) is 0.902. The number of methoxy groups -OCH3 is 1. The summed E-state index contributed by atoms with van der Waals surface area (Å²) < 4.78 is 10.1. The van der Waals surface area contributed by atoms with Gasteiger partial charge in [-0.3, -0.25) is 4.79 Å². The first-order valence-electron chi connectivity index (χ1n) is 6.18. The van der Waals surface area contributed by atoms with Crippen LogP contribution in [0.2, 0.25) is 0 Å². The lowest BCUT2D eigenvalue weighted by atomic mass is 9.88. The summed E-state index contributed by atoms with van der Waals surface area (Å²) in [6.07, 6.45) is 2.05. The van der Waals surface area contributed by atoms with Crippen LogP contribution in [-0.2, 0) is 4.79 Å². The molecule has 0 aromatic carbocycles. The molecule has 0 saturated carbocycles. The number of furan rings is 1. The number of hydrogen-bond donors (Lipinski definition) is 1. The second-order valence-corrected chi connectivity index (χ2v) is 4.82. The second kappa shape index (κ2) is 4.95. The highest BCUT2D eigenvalue weighted by molar-refractivity contribution is 5.96. The Morgan fingerprint density at radius 2 is 2.16 bits per heavy atom. The van der Waals surface area contributed by atoms with Gasteiger partial charge in [0.25, 0.3) is 11.9 Å². The lowest BCUT2D eigenvalue weighted by Crippen LogP contribution is -2.57. The van der Waals surface area contributed by atoms with E-state index in [9.17, 15) is 14.7 Å². The molecule has 2 rings (SSSR count). The summed E-state index contributed by atoms with van der Waals surface area (Å²) in [6.45, 7) is 2.00. The van der Waals surface area contributed by atoms with Crippen molar-refractivity contribution in [2.24, 2.45) is 0 Å². The van der Waals surface area contributed by atoms with Gasteiger partial charge in [0.2, 0.25) is 0 Å². The van der Waals surface area contributed by atoms with Gasteiger partial charge in [0, 0.05) is 12.6 Å². The molecule has 2 heterocycles. The van der Waals surface area contributed by atoms with Crippen LogP contribution in [0.1, 0.15) is 36.7 Å². The van der Waals surface area contributed by atoms with Crippen molar-refractivity contribution in [3.05, 3.63) is 17.9 Å². The molecule has 0 unspecified atom stereocenters. The summed E-state index contributed by atoms with van der Waals surface area (Å²) in [7, 11) is 1.44. The number of carboxylic acid groups (broad SMARTS) is 1. The zero-order valence-corrected chi connectivity index (χ0v) is 11.0. The Kier molecular flexibility index (Phi) is 3.50. The molecule has 104 valence electrons. The Bertz CT molecular complexity index is 495. The van der Waals surface area contributed by atoms with Gasteiger partial charge in [-0.25, -0.2) is 4.79 Å². The molecule has 1 N–H and O–H groups in total. The molecule has 1 saturated heterocycles. The molecule has 1 aliphatic rings. The van der Waals surface area contributed by atoms with Gasteiger partial charge in [0.05, 0.1) is 7.11 Å². The molecule has 1 aromatic rings. The number of amides is 1. The van der Waals surface area contributed by atoms with Gasteiger partial charge in [0.1, 0.15) is 5.54 Å². The number of hydrogen-bond acceptors (Lipinski definition) is 4. The minimum atomic E-state index is -1.17. The highest BCUT2D eigenvalue weighted by Gasteiger charge is 2.44. The van der Waals surface area contributed by atoms with Crippen molar-refractivity contribution in [3.63, 3.8) is 0 Å². The topological polar surface area (TPSA) is 80.0 Å². The van der Waals surface area contributed by atoms with Crippen LogP contribution >= 0.6 is 0 Å². The van der Waals surface area contributed by atoms with Crippen LogP contribution in [0.5, 0.6) is 5.95 Å². The van der Waals surface area contributed by atoms with Crippen molar-refractivity contribution in [2.75, 3.05) is 13.7 Å². The summed E-state index contributed by atoms with van der Waals surface area (Å²) in [5, 5.41) is 9.37. The normalized spacial score (nSPS) is 23.2. The maximum absolute atomic E-state index is 12.4. The number of likely N-dealkylation sites (tertiary alicyclic amines) is 1.